The molecular weight excluding hydrogens is 274 g/mol. The van der Waals surface area contributed by atoms with Gasteiger partial charge in [-0.2, -0.15) is 0 Å². The third-order valence-corrected chi connectivity index (χ3v) is 3.95. The number of likely N-dealkylation sites (tertiary alicyclic amines) is 1. The van der Waals surface area contributed by atoms with Gasteiger partial charge in [0.25, 0.3) is 0 Å². The van der Waals surface area contributed by atoms with Crippen LogP contribution in [0.4, 0.5) is 0 Å². The first-order chi connectivity index (χ1) is 9.67. The molecule has 4 nitrogen and oxygen atoms in total. The lowest BCUT2D eigenvalue weighted by atomic mass is 9.97. The molecule has 20 heavy (non-hydrogen) atoms. The van der Waals surface area contributed by atoms with Gasteiger partial charge in [0.1, 0.15) is 0 Å². The van der Waals surface area contributed by atoms with E-state index in [2.05, 4.69) is 22.3 Å². The minimum absolute atomic E-state index is 0.0696. The van der Waals surface area contributed by atoms with Crippen LogP contribution in [-0.2, 0) is 11.3 Å². The van der Waals surface area contributed by atoms with E-state index in [1.165, 1.54) is 18.4 Å². The monoisotopic (exact) mass is 295 g/mol. The van der Waals surface area contributed by atoms with Crippen LogP contribution in [0.25, 0.3) is 0 Å². The van der Waals surface area contributed by atoms with Gasteiger partial charge in [0.05, 0.1) is 6.54 Å². The minimum atomic E-state index is -0.0696. The summed E-state index contributed by atoms with van der Waals surface area (Å²) >= 11 is 5.90. The highest BCUT2D eigenvalue weighted by atomic mass is 35.5. The number of hydrogen-bond donors (Lipinski definition) is 2. The Morgan fingerprint density at radius 2 is 2.15 bits per heavy atom. The second-order valence-corrected chi connectivity index (χ2v) is 5.81. The first kappa shape index (κ1) is 15.3. The smallest absolute Gasteiger partial charge is 0.233 e. The molecule has 1 aromatic rings. The van der Waals surface area contributed by atoms with Crippen LogP contribution >= 0.6 is 11.6 Å². The van der Waals surface area contributed by atoms with Gasteiger partial charge in [-0.25, -0.2) is 0 Å². The van der Waals surface area contributed by atoms with E-state index in [1.54, 1.807) is 0 Å². The Kier molecular flexibility index (Phi) is 5.83. The second-order valence-electron chi connectivity index (χ2n) is 5.38. The average molecular weight is 296 g/mol. The fraction of sp³-hybridized carbons (Fsp3) is 0.533. The lowest BCUT2D eigenvalue weighted by Crippen LogP contribution is -2.41. The van der Waals surface area contributed by atoms with Crippen molar-refractivity contribution < 1.29 is 4.79 Å². The van der Waals surface area contributed by atoms with Crippen LogP contribution in [-0.4, -0.2) is 37.0 Å². The van der Waals surface area contributed by atoms with Crippen molar-refractivity contribution in [3.63, 3.8) is 0 Å². The molecule has 1 unspecified atom stereocenters. The summed E-state index contributed by atoms with van der Waals surface area (Å²) in [5.41, 5.74) is 6.57. The number of hydrogen-bond acceptors (Lipinski definition) is 3. The summed E-state index contributed by atoms with van der Waals surface area (Å²) < 4.78 is 0. The molecule has 0 aliphatic carbocycles. The zero-order chi connectivity index (χ0) is 14.4. The van der Waals surface area contributed by atoms with E-state index < -0.39 is 0 Å². The van der Waals surface area contributed by atoms with Crippen molar-refractivity contribution in [1.82, 2.24) is 10.2 Å². The van der Waals surface area contributed by atoms with Crippen molar-refractivity contribution in [2.24, 2.45) is 11.7 Å². The molecule has 110 valence electrons. The quantitative estimate of drug-likeness (QED) is 0.868. The maximum Gasteiger partial charge on any atom is 0.233 e. The zero-order valence-corrected chi connectivity index (χ0v) is 12.4. The minimum Gasteiger partial charge on any atom is -0.355 e. The van der Waals surface area contributed by atoms with Gasteiger partial charge in [-0.3, -0.25) is 9.69 Å². The number of carbonyl (C=O) groups is 1. The Bertz CT molecular complexity index is 435. The van der Waals surface area contributed by atoms with E-state index in [9.17, 15) is 4.79 Å². The molecule has 0 saturated carbocycles. The summed E-state index contributed by atoms with van der Waals surface area (Å²) in [7, 11) is 0. The molecular formula is C15H22ClN3O. The number of benzene rings is 1. The molecule has 1 atom stereocenters. The van der Waals surface area contributed by atoms with Crippen LogP contribution < -0.4 is 11.1 Å². The molecule has 1 aliphatic rings. The normalized spacial score (nSPS) is 19.8. The van der Waals surface area contributed by atoms with E-state index in [0.29, 0.717) is 5.92 Å². The molecule has 0 spiro atoms. The Balaban J connectivity index is 1.81. The summed E-state index contributed by atoms with van der Waals surface area (Å²) in [6, 6.07) is 8.00. The first-order valence-electron chi connectivity index (χ1n) is 7.11. The number of piperidine rings is 1. The van der Waals surface area contributed by atoms with Crippen LogP contribution in [0, 0.1) is 5.92 Å². The van der Waals surface area contributed by atoms with Gasteiger partial charge in [0.2, 0.25) is 5.91 Å². The van der Waals surface area contributed by atoms with E-state index in [4.69, 9.17) is 17.3 Å². The molecule has 1 aromatic carbocycles. The first-order valence-corrected chi connectivity index (χ1v) is 7.48. The predicted molar refractivity (Wildman–Crippen MR) is 81.5 cm³/mol. The fourth-order valence-electron chi connectivity index (χ4n) is 2.64. The summed E-state index contributed by atoms with van der Waals surface area (Å²) in [5.74, 6) is 0.450. The predicted octanol–water partition coefficient (Wildman–Crippen LogP) is 1.63. The third kappa shape index (κ3) is 4.78. The van der Waals surface area contributed by atoms with Crippen molar-refractivity contribution >= 4 is 17.5 Å². The molecule has 0 radical (unpaired) electrons. The largest absolute Gasteiger partial charge is 0.355 e. The van der Waals surface area contributed by atoms with E-state index in [1.807, 2.05) is 12.1 Å². The maximum absolute atomic E-state index is 11.2. The van der Waals surface area contributed by atoms with E-state index >= 15 is 0 Å². The number of amides is 1. The van der Waals surface area contributed by atoms with Crippen LogP contribution in [0.1, 0.15) is 18.4 Å². The Hall–Kier alpha value is -1.10. The van der Waals surface area contributed by atoms with Crippen LogP contribution in [0.5, 0.6) is 0 Å². The average Bonchev–Trinajstić information content (AvgIpc) is 2.47. The Labute approximate surface area is 125 Å². The van der Waals surface area contributed by atoms with Crippen molar-refractivity contribution in [2.75, 3.05) is 26.2 Å². The molecule has 3 N–H and O–H groups in total. The molecule has 5 heteroatoms. The number of nitrogens with two attached hydrogens (primary N) is 1. The number of nitrogens with zero attached hydrogens (tertiary/aromatic N) is 1. The topological polar surface area (TPSA) is 58.4 Å². The highest BCUT2D eigenvalue weighted by Crippen LogP contribution is 2.19. The summed E-state index contributed by atoms with van der Waals surface area (Å²) in [4.78, 5) is 13.6. The number of nitrogens with one attached hydrogen (secondary N) is 1. The van der Waals surface area contributed by atoms with Crippen molar-refractivity contribution in [3.8, 4) is 0 Å². The zero-order valence-electron chi connectivity index (χ0n) is 11.6. The van der Waals surface area contributed by atoms with Gasteiger partial charge in [-0.1, -0.05) is 23.7 Å². The summed E-state index contributed by atoms with van der Waals surface area (Å²) in [5, 5.41) is 3.66. The molecule has 1 heterocycles. The SMILES string of the molecule is NCC(=O)NCC1CCCN(Cc2ccc(Cl)cc2)C1. The Morgan fingerprint density at radius 1 is 1.40 bits per heavy atom. The van der Waals surface area contributed by atoms with Crippen molar-refractivity contribution in [2.45, 2.75) is 19.4 Å². The lowest BCUT2D eigenvalue weighted by Gasteiger charge is -2.32. The standard InChI is InChI=1S/C15H22ClN3O/c16-14-5-3-12(4-6-14)10-19-7-1-2-13(11-19)9-18-15(20)8-17/h3-6,13H,1-2,7-11,17H2,(H,18,20). The van der Waals surface area contributed by atoms with Gasteiger partial charge in [-0.15, -0.1) is 0 Å². The van der Waals surface area contributed by atoms with Gasteiger partial charge in [-0.05, 0) is 43.0 Å². The number of rotatable bonds is 5. The molecule has 1 amide bonds. The van der Waals surface area contributed by atoms with Crippen LogP contribution in [0.2, 0.25) is 5.02 Å². The summed E-state index contributed by atoms with van der Waals surface area (Å²) in [6.45, 7) is 3.88. The molecule has 1 fully saturated rings. The van der Waals surface area contributed by atoms with Crippen molar-refractivity contribution in [1.29, 1.82) is 0 Å². The number of halogens is 1. The highest BCUT2D eigenvalue weighted by Gasteiger charge is 2.20. The fourth-order valence-corrected chi connectivity index (χ4v) is 2.77. The second kappa shape index (κ2) is 7.62. The molecule has 1 saturated heterocycles. The van der Waals surface area contributed by atoms with E-state index in [-0.39, 0.29) is 12.5 Å². The molecule has 1 aliphatic heterocycles. The van der Waals surface area contributed by atoms with Gasteiger partial charge in [0, 0.05) is 24.7 Å². The number of carbonyl (C=O) groups excluding carboxylic acids is 1. The summed E-state index contributed by atoms with van der Waals surface area (Å²) in [6.07, 6.45) is 2.35. The van der Waals surface area contributed by atoms with Crippen molar-refractivity contribution in [3.05, 3.63) is 34.9 Å². The lowest BCUT2D eigenvalue weighted by molar-refractivity contribution is -0.120. The third-order valence-electron chi connectivity index (χ3n) is 3.70. The molecule has 0 bridgehead atoms. The van der Waals surface area contributed by atoms with Crippen LogP contribution in [0.3, 0.4) is 0 Å². The molecule has 2 rings (SSSR count). The maximum atomic E-state index is 11.2. The van der Waals surface area contributed by atoms with E-state index in [0.717, 1.165) is 31.2 Å². The van der Waals surface area contributed by atoms with Gasteiger partial charge in [0.15, 0.2) is 0 Å². The molecule has 0 aromatic heterocycles. The Morgan fingerprint density at radius 3 is 2.85 bits per heavy atom. The highest BCUT2D eigenvalue weighted by molar-refractivity contribution is 6.30. The van der Waals surface area contributed by atoms with Gasteiger partial charge >= 0.3 is 0 Å². The van der Waals surface area contributed by atoms with Gasteiger partial charge < -0.3 is 11.1 Å². The van der Waals surface area contributed by atoms with Crippen LogP contribution in [0.15, 0.2) is 24.3 Å².